The number of hydrogen-bond acceptors (Lipinski definition) is 6. The molecule has 3 aromatic rings. The van der Waals surface area contributed by atoms with Crippen LogP contribution in [0.15, 0.2) is 59.8 Å². The lowest BCUT2D eigenvalue weighted by Crippen LogP contribution is -2.31. The summed E-state index contributed by atoms with van der Waals surface area (Å²) < 4.78 is 41.1. The maximum atomic E-state index is 13.2. The molecule has 34 heavy (non-hydrogen) atoms. The van der Waals surface area contributed by atoms with Crippen LogP contribution < -0.4 is 9.46 Å². The van der Waals surface area contributed by atoms with Crippen molar-refractivity contribution < 1.29 is 22.7 Å². The second-order valence-corrected chi connectivity index (χ2v) is 10.7. The lowest BCUT2D eigenvalue weighted by molar-refractivity contribution is 0.0980. The predicted octanol–water partition coefficient (Wildman–Crippen LogP) is 4.06. The molecule has 0 bridgehead atoms. The highest BCUT2D eigenvalue weighted by molar-refractivity contribution is 7.90. The van der Waals surface area contributed by atoms with Gasteiger partial charge in [-0.25, -0.2) is 13.1 Å². The number of hydrogen-bond donors (Lipinski definition) is 1. The molecule has 8 nitrogen and oxygen atoms in total. The van der Waals surface area contributed by atoms with Gasteiger partial charge in [-0.3, -0.25) is 9.48 Å². The molecule has 0 saturated carbocycles. The molecule has 0 aliphatic carbocycles. The van der Waals surface area contributed by atoms with Crippen LogP contribution in [0.4, 0.5) is 0 Å². The molecule has 1 unspecified atom stereocenters. The fourth-order valence-corrected chi connectivity index (χ4v) is 4.71. The molecule has 0 aliphatic rings. The van der Waals surface area contributed by atoms with Crippen molar-refractivity contribution in [3.05, 3.63) is 77.1 Å². The molecule has 0 aliphatic heterocycles. The molecule has 0 fully saturated rings. The predicted molar refractivity (Wildman–Crippen MR) is 130 cm³/mol. The van der Waals surface area contributed by atoms with Gasteiger partial charge in [0.25, 0.3) is 15.9 Å². The summed E-state index contributed by atoms with van der Waals surface area (Å²) >= 11 is 0. The van der Waals surface area contributed by atoms with E-state index in [0.29, 0.717) is 6.54 Å². The van der Waals surface area contributed by atoms with Crippen LogP contribution in [-0.4, -0.2) is 38.3 Å². The molecule has 0 saturated heterocycles. The number of carbonyl (C=O) groups is 1. The van der Waals surface area contributed by atoms with Gasteiger partial charge in [0, 0.05) is 25.1 Å². The third kappa shape index (κ3) is 5.66. The molecule has 0 spiro atoms. The van der Waals surface area contributed by atoms with Crippen LogP contribution >= 0.6 is 0 Å². The summed E-state index contributed by atoms with van der Waals surface area (Å²) in [7, 11) is -1.22. The zero-order valence-corrected chi connectivity index (χ0v) is 21.1. The number of amides is 1. The standard InChI is InChI=1S/C25H31N3O5S/c1-17(32-5)21-14-18(8-9-19(21)16-28-13-7-12-26-28)24(29)27-34(30,31)23-15-20(25(2,3)4)10-11-22(23)33-6/h7-15,17H,16H2,1-6H3,(H,27,29). The van der Waals surface area contributed by atoms with Gasteiger partial charge in [0.2, 0.25) is 0 Å². The lowest BCUT2D eigenvalue weighted by atomic mass is 9.87. The Morgan fingerprint density at radius 2 is 1.88 bits per heavy atom. The maximum Gasteiger partial charge on any atom is 0.268 e. The number of aromatic nitrogens is 2. The van der Waals surface area contributed by atoms with Crippen molar-refractivity contribution in [1.29, 1.82) is 0 Å². The van der Waals surface area contributed by atoms with E-state index >= 15 is 0 Å². The fourth-order valence-electron chi connectivity index (χ4n) is 3.54. The van der Waals surface area contributed by atoms with Gasteiger partial charge in [-0.1, -0.05) is 32.9 Å². The molecular weight excluding hydrogens is 454 g/mol. The second kappa shape index (κ2) is 9.99. The molecular formula is C25H31N3O5S. The third-order valence-electron chi connectivity index (χ3n) is 5.64. The molecule has 3 rings (SSSR count). The normalized spacial score (nSPS) is 12.9. The van der Waals surface area contributed by atoms with Crippen molar-refractivity contribution in [2.24, 2.45) is 0 Å². The lowest BCUT2D eigenvalue weighted by Gasteiger charge is -2.21. The summed E-state index contributed by atoms with van der Waals surface area (Å²) in [5.41, 5.74) is 2.42. The van der Waals surface area contributed by atoms with Gasteiger partial charge in [0.15, 0.2) is 0 Å². The Bertz CT molecular complexity index is 1260. The number of ether oxygens (including phenoxy) is 2. The molecule has 1 atom stereocenters. The third-order valence-corrected chi connectivity index (χ3v) is 6.99. The first-order chi connectivity index (χ1) is 16.0. The summed E-state index contributed by atoms with van der Waals surface area (Å²) in [6, 6.07) is 11.8. The molecule has 182 valence electrons. The highest BCUT2D eigenvalue weighted by atomic mass is 32.2. The van der Waals surface area contributed by atoms with E-state index in [2.05, 4.69) is 9.82 Å². The monoisotopic (exact) mass is 485 g/mol. The number of nitrogens with one attached hydrogen (secondary N) is 1. The summed E-state index contributed by atoms with van der Waals surface area (Å²) in [6.07, 6.45) is 3.22. The molecule has 1 N–H and O–H groups in total. The number of carbonyl (C=O) groups excluding carboxylic acids is 1. The molecule has 1 amide bonds. The van der Waals surface area contributed by atoms with Crippen molar-refractivity contribution in [1.82, 2.24) is 14.5 Å². The van der Waals surface area contributed by atoms with E-state index in [0.717, 1.165) is 16.7 Å². The topological polar surface area (TPSA) is 99.5 Å². The van der Waals surface area contributed by atoms with E-state index < -0.39 is 15.9 Å². The maximum absolute atomic E-state index is 13.2. The highest BCUT2D eigenvalue weighted by Gasteiger charge is 2.26. The Morgan fingerprint density at radius 1 is 1.15 bits per heavy atom. The number of sulfonamides is 1. The zero-order chi connectivity index (χ0) is 25.1. The van der Waals surface area contributed by atoms with Crippen molar-refractivity contribution in [3.8, 4) is 5.75 Å². The minimum absolute atomic E-state index is 0.0865. The van der Waals surface area contributed by atoms with Crippen LogP contribution in [-0.2, 0) is 26.7 Å². The van der Waals surface area contributed by atoms with E-state index in [9.17, 15) is 13.2 Å². The van der Waals surface area contributed by atoms with Crippen molar-refractivity contribution in [3.63, 3.8) is 0 Å². The molecule has 0 radical (unpaired) electrons. The van der Waals surface area contributed by atoms with Gasteiger partial charge in [0.1, 0.15) is 10.6 Å². The molecule has 1 heterocycles. The summed E-state index contributed by atoms with van der Waals surface area (Å²) in [6.45, 7) is 8.30. The van der Waals surface area contributed by atoms with E-state index in [1.165, 1.54) is 7.11 Å². The van der Waals surface area contributed by atoms with Crippen LogP contribution in [0.25, 0.3) is 0 Å². The highest BCUT2D eigenvalue weighted by Crippen LogP contribution is 2.31. The SMILES string of the molecule is COc1ccc(C(C)(C)C)cc1S(=O)(=O)NC(=O)c1ccc(Cn2cccn2)c(C(C)OC)c1. The number of nitrogens with zero attached hydrogens (tertiary/aromatic N) is 2. The number of methoxy groups -OCH3 is 2. The zero-order valence-electron chi connectivity index (χ0n) is 20.3. The van der Waals surface area contributed by atoms with Crippen molar-refractivity contribution in [2.75, 3.05) is 14.2 Å². The van der Waals surface area contributed by atoms with Crippen molar-refractivity contribution in [2.45, 2.75) is 50.7 Å². The van der Waals surface area contributed by atoms with E-state index in [-0.39, 0.29) is 27.7 Å². The quantitative estimate of drug-likeness (QED) is 0.516. The van der Waals surface area contributed by atoms with Gasteiger partial charge in [0.05, 0.1) is 19.8 Å². The van der Waals surface area contributed by atoms with Gasteiger partial charge in [-0.05, 0) is 59.4 Å². The Labute approximate surface area is 201 Å². The van der Waals surface area contributed by atoms with Crippen molar-refractivity contribution >= 4 is 15.9 Å². The van der Waals surface area contributed by atoms with Crippen LogP contribution in [0.1, 0.15) is 60.8 Å². The van der Waals surface area contributed by atoms with Gasteiger partial charge >= 0.3 is 0 Å². The molecule has 9 heteroatoms. The summed E-state index contributed by atoms with van der Waals surface area (Å²) in [5.74, 6) is -0.574. The summed E-state index contributed by atoms with van der Waals surface area (Å²) in [4.78, 5) is 12.9. The summed E-state index contributed by atoms with van der Waals surface area (Å²) in [5, 5.41) is 4.22. The average Bonchev–Trinajstić information content (AvgIpc) is 3.30. The number of benzene rings is 2. The minimum atomic E-state index is -4.19. The minimum Gasteiger partial charge on any atom is -0.495 e. The first-order valence-corrected chi connectivity index (χ1v) is 12.3. The van der Waals surface area contributed by atoms with Crippen LogP contribution in [0.5, 0.6) is 5.75 Å². The first-order valence-electron chi connectivity index (χ1n) is 10.8. The first kappa shape index (κ1) is 25.5. The van der Waals surface area contributed by atoms with Gasteiger partial charge in [-0.15, -0.1) is 0 Å². The average molecular weight is 486 g/mol. The Balaban J connectivity index is 1.94. The van der Waals surface area contributed by atoms with Crippen LogP contribution in [0.2, 0.25) is 0 Å². The van der Waals surface area contributed by atoms with Gasteiger partial charge < -0.3 is 9.47 Å². The largest absolute Gasteiger partial charge is 0.495 e. The molecule has 2 aromatic carbocycles. The second-order valence-electron chi connectivity index (χ2n) is 9.05. The fraction of sp³-hybridized carbons (Fsp3) is 0.360. The number of rotatable bonds is 8. The van der Waals surface area contributed by atoms with E-state index in [4.69, 9.17) is 9.47 Å². The Kier molecular flexibility index (Phi) is 7.48. The van der Waals surface area contributed by atoms with Gasteiger partial charge in [-0.2, -0.15) is 5.10 Å². The van der Waals surface area contributed by atoms with E-state index in [1.807, 2.05) is 46.0 Å². The Morgan fingerprint density at radius 3 is 2.47 bits per heavy atom. The van der Waals surface area contributed by atoms with Crippen LogP contribution in [0, 0.1) is 0 Å². The van der Waals surface area contributed by atoms with E-state index in [1.54, 1.807) is 48.3 Å². The van der Waals surface area contributed by atoms with Crippen LogP contribution in [0.3, 0.4) is 0 Å². The molecule has 1 aromatic heterocycles. The smallest absolute Gasteiger partial charge is 0.268 e. The Hall–Kier alpha value is -3.17.